The number of esters is 1. The van der Waals surface area contributed by atoms with Crippen LogP contribution in [0, 0.1) is 11.3 Å². The van der Waals surface area contributed by atoms with Crippen molar-refractivity contribution in [3.63, 3.8) is 0 Å². The van der Waals surface area contributed by atoms with Gasteiger partial charge in [-0.25, -0.2) is 4.79 Å². The topological polar surface area (TPSA) is 74.2 Å². The van der Waals surface area contributed by atoms with E-state index in [9.17, 15) is 9.59 Å². The number of nitrogens with zero attached hydrogens (tertiary/aromatic N) is 1. The fraction of sp³-hybridized carbons (Fsp3) is 0.393. The normalized spacial score (nSPS) is 21.2. The molecule has 7 heteroatoms. The average molecular weight is 496 g/mol. The number of hydrogen-bond acceptors (Lipinski definition) is 6. The van der Waals surface area contributed by atoms with Gasteiger partial charge in [0.2, 0.25) is 0 Å². The van der Waals surface area contributed by atoms with Gasteiger partial charge in [0.15, 0.2) is 11.5 Å². The summed E-state index contributed by atoms with van der Waals surface area (Å²) in [7, 11) is 2.91. The minimum absolute atomic E-state index is 0.0825. The summed E-state index contributed by atoms with van der Waals surface area (Å²) in [5.41, 5.74) is 3.35. The minimum atomic E-state index is -0.510. The van der Waals surface area contributed by atoms with Gasteiger partial charge in [-0.05, 0) is 54.2 Å². The number of rotatable bonds is 6. The van der Waals surface area contributed by atoms with Crippen LogP contribution >= 0.6 is 11.6 Å². The molecule has 1 aliphatic carbocycles. The predicted molar refractivity (Wildman–Crippen MR) is 135 cm³/mol. The second kappa shape index (κ2) is 9.86. The summed E-state index contributed by atoms with van der Waals surface area (Å²) in [5, 5.41) is 0.640. The Balaban J connectivity index is 1.72. The van der Waals surface area contributed by atoms with Gasteiger partial charge < -0.3 is 14.2 Å². The zero-order valence-electron chi connectivity index (χ0n) is 20.7. The van der Waals surface area contributed by atoms with Crippen molar-refractivity contribution in [2.24, 2.45) is 16.3 Å². The smallest absolute Gasteiger partial charge is 0.336 e. The second-order valence-electron chi connectivity index (χ2n) is 9.86. The molecule has 4 rings (SSSR count). The summed E-state index contributed by atoms with van der Waals surface area (Å²) in [6.45, 7) is 6.26. The third-order valence-corrected chi connectivity index (χ3v) is 6.83. The number of aliphatic imine (C=N–C) groups is 1. The van der Waals surface area contributed by atoms with Crippen LogP contribution in [0.15, 0.2) is 58.7 Å². The lowest BCUT2D eigenvalue weighted by atomic mass is 9.63. The Bertz CT molecular complexity index is 1230. The van der Waals surface area contributed by atoms with E-state index >= 15 is 0 Å². The maximum atomic E-state index is 13.4. The average Bonchev–Trinajstić information content (AvgIpc) is 2.80. The number of carbonyl (C=O) groups excluding carboxylic acids is 2. The molecule has 0 radical (unpaired) electrons. The number of allylic oxidation sites excluding steroid dienone is 1. The van der Waals surface area contributed by atoms with E-state index in [0.717, 1.165) is 16.8 Å². The molecule has 1 fully saturated rings. The molecule has 1 saturated carbocycles. The highest BCUT2D eigenvalue weighted by atomic mass is 35.5. The minimum Gasteiger partial charge on any atom is -0.493 e. The standard InChI is InChI=1S/C28H30ClNO5/c1-16-24(27(32)34-5)25(26-20(30-16)13-28(2,3)14-21(26)31)18-9-10-22(23(12-18)33-4)35-15-17-7-6-8-19(29)11-17/h6-12,25-26H,13-15H2,1-5H3. The number of benzene rings is 2. The molecule has 0 aromatic heterocycles. The highest BCUT2D eigenvalue weighted by Crippen LogP contribution is 2.48. The molecule has 2 unspecified atom stereocenters. The van der Waals surface area contributed by atoms with Gasteiger partial charge in [-0.1, -0.05) is 43.6 Å². The quantitative estimate of drug-likeness (QED) is 0.465. The third-order valence-electron chi connectivity index (χ3n) is 6.60. The summed E-state index contributed by atoms with van der Waals surface area (Å²) < 4.78 is 16.7. The summed E-state index contributed by atoms with van der Waals surface area (Å²) >= 11 is 6.08. The van der Waals surface area contributed by atoms with Crippen LogP contribution in [0.25, 0.3) is 0 Å². The Morgan fingerprint density at radius 1 is 1.09 bits per heavy atom. The van der Waals surface area contributed by atoms with Crippen LogP contribution in [-0.2, 0) is 20.9 Å². The maximum absolute atomic E-state index is 13.4. The van der Waals surface area contributed by atoms with Crippen LogP contribution in [0.1, 0.15) is 50.7 Å². The highest BCUT2D eigenvalue weighted by molar-refractivity contribution is 6.30. The lowest BCUT2D eigenvalue weighted by Crippen LogP contribution is -2.44. The number of ketones is 1. The molecule has 1 aliphatic heterocycles. The molecule has 1 heterocycles. The van der Waals surface area contributed by atoms with Crippen LogP contribution in [0.4, 0.5) is 0 Å². The Morgan fingerprint density at radius 3 is 2.54 bits per heavy atom. The van der Waals surface area contributed by atoms with Crippen molar-refractivity contribution in [2.45, 2.75) is 46.1 Å². The summed E-state index contributed by atoms with van der Waals surface area (Å²) in [6, 6.07) is 13.0. The first-order valence-corrected chi connectivity index (χ1v) is 12.0. The zero-order valence-corrected chi connectivity index (χ0v) is 21.4. The monoisotopic (exact) mass is 495 g/mol. The van der Waals surface area contributed by atoms with E-state index in [-0.39, 0.29) is 11.2 Å². The van der Waals surface area contributed by atoms with Gasteiger partial charge in [0.1, 0.15) is 12.4 Å². The van der Waals surface area contributed by atoms with E-state index in [2.05, 4.69) is 13.8 Å². The van der Waals surface area contributed by atoms with Crippen molar-refractivity contribution in [3.05, 3.63) is 69.9 Å². The van der Waals surface area contributed by atoms with E-state index in [0.29, 0.717) is 47.2 Å². The van der Waals surface area contributed by atoms with Gasteiger partial charge >= 0.3 is 5.97 Å². The maximum Gasteiger partial charge on any atom is 0.336 e. The van der Waals surface area contributed by atoms with Crippen molar-refractivity contribution in [2.75, 3.05) is 14.2 Å². The molecular weight excluding hydrogens is 466 g/mol. The first kappa shape index (κ1) is 25.0. The van der Waals surface area contributed by atoms with Crippen LogP contribution in [0.5, 0.6) is 11.5 Å². The van der Waals surface area contributed by atoms with Crippen LogP contribution in [0.3, 0.4) is 0 Å². The molecule has 6 nitrogen and oxygen atoms in total. The zero-order chi connectivity index (χ0) is 25.3. The van der Waals surface area contributed by atoms with E-state index in [4.69, 9.17) is 30.8 Å². The van der Waals surface area contributed by atoms with Gasteiger partial charge in [-0.15, -0.1) is 0 Å². The Labute approximate surface area is 210 Å². The molecule has 0 saturated heterocycles. The Morgan fingerprint density at radius 2 is 1.86 bits per heavy atom. The van der Waals surface area contributed by atoms with Gasteiger partial charge in [-0.2, -0.15) is 0 Å². The Kier molecular flexibility index (Phi) is 7.04. The first-order valence-electron chi connectivity index (χ1n) is 11.6. The van der Waals surface area contributed by atoms with Gasteiger partial charge in [0.25, 0.3) is 0 Å². The lowest BCUT2D eigenvalue weighted by molar-refractivity contribution is -0.136. The van der Waals surface area contributed by atoms with Crippen LogP contribution < -0.4 is 9.47 Å². The number of fused-ring (bicyclic) bond motifs is 1. The van der Waals surface area contributed by atoms with E-state index in [1.807, 2.05) is 42.5 Å². The van der Waals surface area contributed by atoms with Crippen LogP contribution in [0.2, 0.25) is 5.02 Å². The fourth-order valence-electron chi connectivity index (χ4n) is 5.11. The van der Waals surface area contributed by atoms with E-state index < -0.39 is 17.8 Å². The molecule has 2 aromatic carbocycles. The first-order chi connectivity index (χ1) is 16.6. The van der Waals surface area contributed by atoms with Crippen molar-refractivity contribution in [1.82, 2.24) is 0 Å². The summed E-state index contributed by atoms with van der Waals surface area (Å²) in [4.78, 5) is 30.9. The fourth-order valence-corrected chi connectivity index (χ4v) is 5.33. The molecule has 2 aliphatic rings. The number of carbonyl (C=O) groups is 2. The van der Waals surface area contributed by atoms with Crippen molar-refractivity contribution in [3.8, 4) is 11.5 Å². The molecule has 35 heavy (non-hydrogen) atoms. The van der Waals surface area contributed by atoms with E-state index in [1.54, 1.807) is 14.0 Å². The van der Waals surface area contributed by atoms with Crippen molar-refractivity contribution < 1.29 is 23.8 Å². The van der Waals surface area contributed by atoms with Crippen molar-refractivity contribution >= 4 is 29.1 Å². The number of methoxy groups -OCH3 is 2. The molecule has 2 aromatic rings. The van der Waals surface area contributed by atoms with E-state index in [1.165, 1.54) is 7.11 Å². The molecular formula is C28H30ClNO5. The summed E-state index contributed by atoms with van der Waals surface area (Å²) in [5.74, 6) is -0.345. The second-order valence-corrected chi connectivity index (χ2v) is 10.3. The third kappa shape index (κ3) is 5.13. The molecule has 184 valence electrons. The predicted octanol–water partition coefficient (Wildman–Crippen LogP) is 5.92. The number of hydrogen-bond donors (Lipinski definition) is 0. The van der Waals surface area contributed by atoms with Gasteiger partial charge in [0, 0.05) is 28.8 Å². The highest BCUT2D eigenvalue weighted by Gasteiger charge is 2.47. The van der Waals surface area contributed by atoms with Crippen molar-refractivity contribution in [1.29, 1.82) is 0 Å². The number of halogens is 1. The number of ether oxygens (including phenoxy) is 3. The number of Topliss-reactive ketones (excluding diaryl/α,β-unsaturated/α-hetero) is 1. The Hall–Kier alpha value is -3.12. The lowest BCUT2D eigenvalue weighted by Gasteiger charge is -2.41. The molecule has 0 spiro atoms. The SMILES string of the molecule is COC(=O)C1=C(C)N=C2CC(C)(C)CC(=O)C2C1c1ccc(OCc2cccc(Cl)c2)c(OC)c1. The molecule has 0 bridgehead atoms. The molecule has 0 N–H and O–H groups in total. The summed E-state index contributed by atoms with van der Waals surface area (Å²) in [6.07, 6.45) is 1.13. The largest absolute Gasteiger partial charge is 0.493 e. The van der Waals surface area contributed by atoms with Crippen LogP contribution in [-0.4, -0.2) is 31.7 Å². The molecule has 2 atom stereocenters. The van der Waals surface area contributed by atoms with Gasteiger partial charge in [-0.3, -0.25) is 9.79 Å². The molecule has 0 amide bonds. The van der Waals surface area contributed by atoms with Gasteiger partial charge in [0.05, 0.1) is 25.7 Å².